The van der Waals surface area contributed by atoms with Crippen LogP contribution in [-0.4, -0.2) is 42.5 Å². The Morgan fingerprint density at radius 3 is 2.45 bits per heavy atom. The smallest absolute Gasteiger partial charge is 0.366 e. The number of halogens is 3. The van der Waals surface area contributed by atoms with Gasteiger partial charge in [-0.1, -0.05) is 12.1 Å². The number of amides is 1. The maximum atomic E-state index is 13.2. The predicted molar refractivity (Wildman–Crippen MR) is 120 cm³/mol. The lowest BCUT2D eigenvalue weighted by Gasteiger charge is -2.31. The van der Waals surface area contributed by atoms with Crippen molar-refractivity contribution in [3.63, 3.8) is 0 Å². The monoisotopic (exact) mass is 479 g/mol. The van der Waals surface area contributed by atoms with Crippen molar-refractivity contribution < 1.29 is 26.4 Å². The van der Waals surface area contributed by atoms with Crippen LogP contribution >= 0.6 is 0 Å². The van der Waals surface area contributed by atoms with Crippen molar-refractivity contribution in [2.45, 2.75) is 31.9 Å². The van der Waals surface area contributed by atoms with Crippen LogP contribution in [0.15, 0.2) is 42.6 Å². The highest BCUT2D eigenvalue weighted by Crippen LogP contribution is 2.38. The average Bonchev–Trinajstić information content (AvgIpc) is 3.22. The lowest BCUT2D eigenvalue weighted by Crippen LogP contribution is -2.38. The van der Waals surface area contributed by atoms with Gasteiger partial charge in [-0.25, -0.2) is 12.7 Å². The van der Waals surface area contributed by atoms with Crippen LogP contribution in [0.3, 0.4) is 0 Å². The molecule has 0 bridgehead atoms. The number of nitrogens with one attached hydrogen (secondary N) is 1. The Hall–Kier alpha value is -2.85. The Labute approximate surface area is 189 Å². The molecule has 2 heterocycles. The summed E-state index contributed by atoms with van der Waals surface area (Å²) in [6, 6.07) is 8.19. The Bertz CT molecular complexity index is 1310. The number of carbonyl (C=O) groups excluding carboxylic acids is 1. The zero-order valence-electron chi connectivity index (χ0n) is 17.9. The quantitative estimate of drug-likeness (QED) is 0.565. The van der Waals surface area contributed by atoms with Gasteiger partial charge in [-0.2, -0.15) is 13.2 Å². The number of nitrogens with zero attached hydrogens (tertiary/aromatic N) is 1. The Morgan fingerprint density at radius 1 is 1.15 bits per heavy atom. The summed E-state index contributed by atoms with van der Waals surface area (Å²) in [6.07, 6.45) is -1.50. The molecule has 33 heavy (non-hydrogen) atoms. The second kappa shape index (κ2) is 8.49. The van der Waals surface area contributed by atoms with Crippen molar-refractivity contribution in [3.8, 4) is 11.1 Å². The van der Waals surface area contributed by atoms with E-state index < -0.39 is 27.7 Å². The highest BCUT2D eigenvalue weighted by Gasteiger charge is 2.31. The number of H-pyrrole nitrogens is 1. The molecule has 0 saturated carbocycles. The van der Waals surface area contributed by atoms with E-state index >= 15 is 0 Å². The first kappa shape index (κ1) is 23.3. The molecule has 6 nitrogen and oxygen atoms in total. The maximum Gasteiger partial charge on any atom is 0.416 e. The third kappa shape index (κ3) is 4.49. The SMILES string of the molecule is CCS(=O)(=O)N1CCC(c2c[nH]c3c(C(N)=O)cc(-c4cccc(C(F)(F)F)c4)cc23)CC1. The van der Waals surface area contributed by atoms with Crippen molar-refractivity contribution >= 4 is 26.8 Å². The van der Waals surface area contributed by atoms with Crippen molar-refractivity contribution in [2.75, 3.05) is 18.8 Å². The number of sulfonamides is 1. The van der Waals surface area contributed by atoms with Gasteiger partial charge >= 0.3 is 6.18 Å². The van der Waals surface area contributed by atoms with E-state index in [4.69, 9.17) is 5.73 Å². The van der Waals surface area contributed by atoms with E-state index in [-0.39, 0.29) is 17.2 Å². The molecular formula is C23H24F3N3O3S. The summed E-state index contributed by atoms with van der Waals surface area (Å²) in [7, 11) is -3.26. The first-order valence-electron chi connectivity index (χ1n) is 10.6. The number of hydrogen-bond acceptors (Lipinski definition) is 3. The molecule has 10 heteroatoms. The highest BCUT2D eigenvalue weighted by atomic mass is 32.2. The summed E-state index contributed by atoms with van der Waals surface area (Å²) < 4.78 is 65.5. The molecule has 4 rings (SSSR count). The van der Waals surface area contributed by atoms with Crippen LogP contribution in [0.25, 0.3) is 22.0 Å². The fourth-order valence-electron chi connectivity index (χ4n) is 4.45. The number of hydrogen-bond donors (Lipinski definition) is 2. The first-order valence-corrected chi connectivity index (χ1v) is 12.2. The number of fused-ring (bicyclic) bond motifs is 1. The van der Waals surface area contributed by atoms with Gasteiger partial charge in [0.15, 0.2) is 0 Å². The summed E-state index contributed by atoms with van der Waals surface area (Å²) in [4.78, 5) is 15.2. The zero-order valence-corrected chi connectivity index (χ0v) is 18.8. The van der Waals surface area contributed by atoms with Gasteiger partial charge in [-0.15, -0.1) is 0 Å². The Kier molecular flexibility index (Phi) is 6.00. The van der Waals surface area contributed by atoms with E-state index in [1.54, 1.807) is 25.3 Å². The summed E-state index contributed by atoms with van der Waals surface area (Å²) in [5.74, 6) is -0.599. The number of carbonyl (C=O) groups is 1. The van der Waals surface area contributed by atoms with Crippen molar-refractivity contribution in [1.29, 1.82) is 0 Å². The molecule has 1 saturated heterocycles. The van der Waals surface area contributed by atoms with Crippen LogP contribution in [0, 0.1) is 0 Å². The number of rotatable bonds is 5. The minimum Gasteiger partial charge on any atom is -0.366 e. The number of benzene rings is 2. The number of primary amides is 1. The summed E-state index contributed by atoms with van der Waals surface area (Å²) in [6.45, 7) is 2.40. The molecule has 1 aliphatic heterocycles. The largest absolute Gasteiger partial charge is 0.416 e. The fraction of sp³-hybridized carbons (Fsp3) is 0.348. The van der Waals surface area contributed by atoms with Gasteiger partial charge in [0.2, 0.25) is 10.0 Å². The van der Waals surface area contributed by atoms with Crippen molar-refractivity contribution in [2.24, 2.45) is 5.73 Å². The van der Waals surface area contributed by atoms with Crippen LogP contribution in [0.4, 0.5) is 13.2 Å². The Morgan fingerprint density at radius 2 is 1.85 bits per heavy atom. The molecule has 176 valence electrons. The third-order valence-electron chi connectivity index (χ3n) is 6.26. The van der Waals surface area contributed by atoms with Crippen molar-refractivity contribution in [3.05, 3.63) is 59.3 Å². The average molecular weight is 480 g/mol. The van der Waals surface area contributed by atoms with Crippen LogP contribution in [0.2, 0.25) is 0 Å². The number of piperidine rings is 1. The van der Waals surface area contributed by atoms with E-state index in [0.29, 0.717) is 48.0 Å². The lowest BCUT2D eigenvalue weighted by molar-refractivity contribution is -0.137. The van der Waals surface area contributed by atoms with Crippen LogP contribution < -0.4 is 5.73 Å². The van der Waals surface area contributed by atoms with Crippen LogP contribution in [-0.2, 0) is 16.2 Å². The van der Waals surface area contributed by atoms with Gasteiger partial charge < -0.3 is 10.7 Å². The zero-order chi connectivity index (χ0) is 24.0. The summed E-state index contributed by atoms with van der Waals surface area (Å²) >= 11 is 0. The first-order chi connectivity index (χ1) is 15.5. The third-order valence-corrected chi connectivity index (χ3v) is 8.14. The van der Waals surface area contributed by atoms with E-state index in [2.05, 4.69) is 4.98 Å². The molecule has 3 aromatic rings. The normalized spacial score (nSPS) is 16.4. The van der Waals surface area contributed by atoms with E-state index in [9.17, 15) is 26.4 Å². The molecule has 3 N–H and O–H groups in total. The summed E-state index contributed by atoms with van der Waals surface area (Å²) in [5.41, 5.74) is 7.20. The summed E-state index contributed by atoms with van der Waals surface area (Å²) in [5, 5.41) is 0.704. The molecule has 0 unspecified atom stereocenters. The molecule has 1 fully saturated rings. The van der Waals surface area contributed by atoms with Gasteiger partial charge in [-0.3, -0.25) is 4.79 Å². The van der Waals surface area contributed by atoms with Crippen LogP contribution in [0.1, 0.15) is 47.2 Å². The van der Waals surface area contributed by atoms with E-state index in [1.165, 1.54) is 16.4 Å². The van der Waals surface area contributed by atoms with Gasteiger partial charge in [0, 0.05) is 24.7 Å². The number of nitrogens with two attached hydrogens (primary N) is 1. The maximum absolute atomic E-state index is 13.2. The second-order valence-corrected chi connectivity index (χ2v) is 10.5. The number of aromatic nitrogens is 1. The van der Waals surface area contributed by atoms with Crippen molar-refractivity contribution in [1.82, 2.24) is 9.29 Å². The van der Waals surface area contributed by atoms with Crippen LogP contribution in [0.5, 0.6) is 0 Å². The molecule has 0 spiro atoms. The minimum absolute atomic E-state index is 0.0412. The van der Waals surface area contributed by atoms with E-state index in [1.807, 2.05) is 0 Å². The standard InChI is InChI=1S/C23H24F3N3O3S/c1-2-33(31,32)29-8-6-14(7-9-29)20-13-28-21-18(20)11-16(12-19(21)22(27)30)15-4-3-5-17(10-15)23(24,25)26/h3-5,10-14,28H,2,6-9H2,1H3,(H2,27,30). The Balaban J connectivity index is 1.76. The number of alkyl halides is 3. The van der Waals surface area contributed by atoms with Gasteiger partial charge in [0.25, 0.3) is 5.91 Å². The predicted octanol–water partition coefficient (Wildman–Crippen LogP) is 4.48. The molecule has 1 aliphatic rings. The van der Waals surface area contributed by atoms with Gasteiger partial charge in [-0.05, 0) is 66.6 Å². The van der Waals surface area contributed by atoms with Gasteiger partial charge in [0.1, 0.15) is 0 Å². The lowest BCUT2D eigenvalue weighted by atomic mass is 9.88. The fourth-order valence-corrected chi connectivity index (χ4v) is 5.59. The van der Waals surface area contributed by atoms with Gasteiger partial charge in [0.05, 0.1) is 22.4 Å². The molecule has 1 amide bonds. The second-order valence-electron chi connectivity index (χ2n) is 8.21. The topological polar surface area (TPSA) is 96.3 Å². The minimum atomic E-state index is -4.49. The molecule has 2 aromatic carbocycles. The molecule has 0 radical (unpaired) electrons. The molecule has 0 aliphatic carbocycles. The number of aromatic amines is 1. The molecule has 0 atom stereocenters. The van der Waals surface area contributed by atoms with E-state index in [0.717, 1.165) is 17.7 Å². The molecule has 1 aromatic heterocycles. The highest BCUT2D eigenvalue weighted by molar-refractivity contribution is 7.89. The molecular weight excluding hydrogens is 455 g/mol.